The molecule has 0 radical (unpaired) electrons. The van der Waals surface area contributed by atoms with Gasteiger partial charge in [-0.3, -0.25) is 4.84 Å². The lowest BCUT2D eigenvalue weighted by Gasteiger charge is -2.15. The molecule has 0 aliphatic heterocycles. The molecule has 7 nitrogen and oxygen atoms in total. The summed E-state index contributed by atoms with van der Waals surface area (Å²) in [4.78, 5) is 7.75. The van der Waals surface area contributed by atoms with Crippen LogP contribution in [0.5, 0.6) is 5.75 Å². The Morgan fingerprint density at radius 3 is 2.62 bits per heavy atom. The quantitative estimate of drug-likeness (QED) is 0.559. The van der Waals surface area contributed by atoms with Crippen LogP contribution in [0.15, 0.2) is 56.4 Å². The van der Waals surface area contributed by atoms with Crippen LogP contribution >= 0.6 is 15.9 Å². The summed E-state index contributed by atoms with van der Waals surface area (Å²) in [6, 6.07) is 11.5. The molecular weight excluding hydrogens is 424 g/mol. The van der Waals surface area contributed by atoms with Crippen molar-refractivity contribution in [1.82, 2.24) is 10.0 Å². The summed E-state index contributed by atoms with van der Waals surface area (Å²) < 4.78 is 36.2. The third-order valence-corrected chi connectivity index (χ3v) is 5.64. The van der Waals surface area contributed by atoms with Crippen molar-refractivity contribution >= 4 is 36.9 Å². The van der Waals surface area contributed by atoms with Gasteiger partial charge < -0.3 is 9.26 Å². The monoisotopic (exact) mass is 440 g/mol. The van der Waals surface area contributed by atoms with Crippen LogP contribution in [0, 0.1) is 0 Å². The van der Waals surface area contributed by atoms with Crippen LogP contribution < -0.4 is 9.62 Å². The second-order valence-corrected chi connectivity index (χ2v) is 7.94. The summed E-state index contributed by atoms with van der Waals surface area (Å²) in [5.74, 6) is 0.548. The van der Waals surface area contributed by atoms with Crippen molar-refractivity contribution in [3.8, 4) is 5.75 Å². The Kier molecular flexibility index (Phi) is 5.61. The first-order valence-electron chi connectivity index (χ1n) is 7.82. The standard InChI is InChI=1S/C17H17BrN2O5S/c1-3-13(25-20-26(21,22)11-7-5-4-6-8-11)16-15-14(24-19-16)10-9-12(18)17(15)23-2/h4-10,13,20H,3H2,1-2H3. The van der Waals surface area contributed by atoms with Crippen molar-refractivity contribution in [2.45, 2.75) is 24.3 Å². The molecule has 0 aliphatic carbocycles. The summed E-state index contributed by atoms with van der Waals surface area (Å²) >= 11 is 3.42. The van der Waals surface area contributed by atoms with Gasteiger partial charge in [0.2, 0.25) is 0 Å². The van der Waals surface area contributed by atoms with Gasteiger partial charge >= 0.3 is 0 Å². The highest BCUT2D eigenvalue weighted by molar-refractivity contribution is 9.10. The Labute approximate surface area is 159 Å². The van der Waals surface area contributed by atoms with Gasteiger partial charge in [-0.1, -0.05) is 35.2 Å². The largest absolute Gasteiger partial charge is 0.495 e. The zero-order valence-electron chi connectivity index (χ0n) is 14.1. The molecule has 0 amide bonds. The summed E-state index contributed by atoms with van der Waals surface area (Å²) in [7, 11) is -2.27. The van der Waals surface area contributed by atoms with Crippen molar-refractivity contribution in [1.29, 1.82) is 0 Å². The van der Waals surface area contributed by atoms with Crippen LogP contribution in [-0.4, -0.2) is 20.7 Å². The van der Waals surface area contributed by atoms with E-state index in [1.54, 1.807) is 30.3 Å². The van der Waals surface area contributed by atoms with Gasteiger partial charge in [0.25, 0.3) is 10.0 Å². The average molecular weight is 441 g/mol. The smallest absolute Gasteiger partial charge is 0.262 e. The number of benzene rings is 2. The fourth-order valence-electron chi connectivity index (χ4n) is 2.52. The fourth-order valence-corrected chi connectivity index (χ4v) is 3.87. The van der Waals surface area contributed by atoms with Crippen molar-refractivity contribution in [2.75, 3.05) is 7.11 Å². The highest BCUT2D eigenvalue weighted by atomic mass is 79.9. The topological polar surface area (TPSA) is 90.7 Å². The molecule has 0 saturated carbocycles. The molecule has 3 aromatic rings. The van der Waals surface area contributed by atoms with E-state index in [1.807, 2.05) is 6.92 Å². The average Bonchev–Trinajstić information content (AvgIpc) is 3.07. The number of ether oxygens (including phenoxy) is 1. The molecule has 0 fully saturated rings. The first kappa shape index (κ1) is 18.8. The SMILES string of the molecule is CCC(ONS(=O)(=O)c1ccccc1)c1noc2ccc(Br)c(OC)c12. The minimum absolute atomic E-state index is 0.111. The van der Waals surface area contributed by atoms with Crippen molar-refractivity contribution in [3.05, 3.63) is 52.6 Å². The van der Waals surface area contributed by atoms with E-state index in [-0.39, 0.29) is 4.90 Å². The Morgan fingerprint density at radius 1 is 1.23 bits per heavy atom. The molecule has 9 heteroatoms. The van der Waals surface area contributed by atoms with Crippen LogP contribution in [0.4, 0.5) is 0 Å². The van der Waals surface area contributed by atoms with Crippen LogP contribution in [-0.2, 0) is 14.9 Å². The van der Waals surface area contributed by atoms with Crippen LogP contribution in [0.2, 0.25) is 0 Å². The van der Waals surface area contributed by atoms with E-state index in [9.17, 15) is 8.42 Å². The molecule has 2 aromatic carbocycles. The molecule has 0 saturated heterocycles. The maximum atomic E-state index is 12.4. The van der Waals surface area contributed by atoms with Crippen molar-refractivity contribution in [2.24, 2.45) is 0 Å². The summed E-state index contributed by atoms with van der Waals surface area (Å²) in [5.41, 5.74) is 0.976. The Morgan fingerprint density at radius 2 is 1.96 bits per heavy atom. The van der Waals surface area contributed by atoms with Gasteiger partial charge in [0.05, 0.1) is 21.9 Å². The number of nitrogens with zero attached hydrogens (tertiary/aromatic N) is 1. The lowest BCUT2D eigenvalue weighted by molar-refractivity contribution is 0.0104. The van der Waals surface area contributed by atoms with Crippen LogP contribution in [0.1, 0.15) is 25.1 Å². The predicted octanol–water partition coefficient (Wildman–Crippen LogP) is 3.96. The maximum Gasteiger partial charge on any atom is 0.262 e. The molecule has 0 bridgehead atoms. The number of sulfonamides is 1. The zero-order chi connectivity index (χ0) is 18.7. The number of rotatable bonds is 7. The number of nitrogens with one attached hydrogen (secondary N) is 1. The Bertz CT molecular complexity index is 1000. The molecule has 1 aromatic heterocycles. The van der Waals surface area contributed by atoms with Gasteiger partial charge in [0.1, 0.15) is 17.5 Å². The molecule has 26 heavy (non-hydrogen) atoms. The molecular formula is C17H17BrN2O5S. The molecule has 1 atom stereocenters. The summed E-state index contributed by atoms with van der Waals surface area (Å²) in [6.45, 7) is 1.85. The van der Waals surface area contributed by atoms with E-state index in [0.29, 0.717) is 28.8 Å². The van der Waals surface area contributed by atoms with Gasteiger partial charge in [-0.25, -0.2) is 8.42 Å². The van der Waals surface area contributed by atoms with Gasteiger partial charge in [-0.05, 0) is 46.6 Å². The molecule has 0 aliphatic rings. The van der Waals surface area contributed by atoms with Gasteiger partial charge in [-0.15, -0.1) is 0 Å². The van der Waals surface area contributed by atoms with E-state index < -0.39 is 16.1 Å². The fraction of sp³-hybridized carbons (Fsp3) is 0.235. The van der Waals surface area contributed by atoms with Gasteiger partial charge in [0, 0.05) is 0 Å². The molecule has 1 heterocycles. The minimum Gasteiger partial charge on any atom is -0.495 e. The molecule has 0 spiro atoms. The van der Waals surface area contributed by atoms with Gasteiger partial charge in [-0.2, -0.15) is 0 Å². The highest BCUT2D eigenvalue weighted by Crippen LogP contribution is 2.39. The Balaban J connectivity index is 1.91. The Hall–Kier alpha value is -1.94. The van der Waals surface area contributed by atoms with E-state index >= 15 is 0 Å². The summed E-state index contributed by atoms with van der Waals surface area (Å²) in [5, 5.41) is 4.69. The number of methoxy groups -OCH3 is 1. The molecule has 3 rings (SSSR count). The predicted molar refractivity (Wildman–Crippen MR) is 99.1 cm³/mol. The van der Waals surface area contributed by atoms with Gasteiger partial charge in [0.15, 0.2) is 5.58 Å². The molecule has 1 N–H and O–H groups in total. The van der Waals surface area contributed by atoms with Crippen LogP contribution in [0.3, 0.4) is 0 Å². The van der Waals surface area contributed by atoms with E-state index in [2.05, 4.69) is 26.0 Å². The first-order valence-corrected chi connectivity index (χ1v) is 10.1. The summed E-state index contributed by atoms with van der Waals surface area (Å²) in [6.07, 6.45) is -0.188. The van der Waals surface area contributed by atoms with Crippen molar-refractivity contribution in [3.63, 3.8) is 0 Å². The second kappa shape index (κ2) is 7.75. The van der Waals surface area contributed by atoms with Crippen LogP contribution in [0.25, 0.3) is 11.0 Å². The van der Waals surface area contributed by atoms with E-state index in [4.69, 9.17) is 14.1 Å². The highest BCUT2D eigenvalue weighted by Gasteiger charge is 2.25. The number of aromatic nitrogens is 1. The van der Waals surface area contributed by atoms with Crippen molar-refractivity contribution < 1.29 is 22.5 Å². The molecule has 138 valence electrons. The number of halogens is 1. The lowest BCUT2D eigenvalue weighted by atomic mass is 10.1. The second-order valence-electron chi connectivity index (χ2n) is 5.44. The normalized spacial score (nSPS) is 13.0. The maximum absolute atomic E-state index is 12.4. The minimum atomic E-state index is -3.80. The third-order valence-electron chi connectivity index (χ3n) is 3.80. The number of hydrogen-bond acceptors (Lipinski definition) is 6. The number of hydrogen-bond donors (Lipinski definition) is 1. The zero-order valence-corrected chi connectivity index (χ0v) is 16.5. The lowest BCUT2D eigenvalue weighted by Crippen LogP contribution is -2.26. The molecule has 1 unspecified atom stereocenters. The third kappa shape index (κ3) is 3.61. The first-order chi connectivity index (χ1) is 12.5. The van der Waals surface area contributed by atoms with E-state index in [0.717, 1.165) is 4.47 Å². The van der Waals surface area contributed by atoms with E-state index in [1.165, 1.54) is 19.2 Å². The number of fused-ring (bicyclic) bond motifs is 1.